The van der Waals surface area contributed by atoms with E-state index < -0.39 is 5.91 Å². The van der Waals surface area contributed by atoms with E-state index in [0.29, 0.717) is 43.2 Å². The van der Waals surface area contributed by atoms with Gasteiger partial charge in [0.25, 0.3) is 5.91 Å². The summed E-state index contributed by atoms with van der Waals surface area (Å²) in [5.41, 5.74) is 1.50. The number of hydrogen-bond donors (Lipinski definition) is 2. The Morgan fingerprint density at radius 1 is 0.921 bits per heavy atom. The van der Waals surface area contributed by atoms with Gasteiger partial charge in [-0.2, -0.15) is 0 Å². The van der Waals surface area contributed by atoms with Crippen molar-refractivity contribution in [2.45, 2.75) is 11.7 Å². The number of thioether (sulfide) groups is 1. The molecule has 0 aliphatic carbocycles. The quantitative estimate of drug-likeness (QED) is 0.209. The summed E-state index contributed by atoms with van der Waals surface area (Å²) >= 11 is 25.6. The van der Waals surface area contributed by atoms with Crippen molar-refractivity contribution in [2.24, 2.45) is 0 Å². The fraction of sp³-hybridized carbons (Fsp3) is 0.120. The zero-order valence-electron chi connectivity index (χ0n) is 19.7. The van der Waals surface area contributed by atoms with Crippen LogP contribution in [0.4, 0.5) is 5.69 Å². The second-order valence-electron chi connectivity index (χ2n) is 7.70. The first-order valence-electron chi connectivity index (χ1n) is 10.9. The number of nitrogens with one attached hydrogen (secondary N) is 2. The number of benzene rings is 3. The topological polar surface area (TPSA) is 98.1 Å². The highest BCUT2D eigenvalue weighted by molar-refractivity contribution is 7.99. The number of anilines is 1. The standard InChI is InChI=1S/C25H19Cl4N5O3S/c1-37-17-6-3-15(4-7-17)31-23(35)13-38-25-33-32-22(34(25)16-5-9-19(27)21(29)11-16)12-30-24(36)18-8-2-14(26)10-20(18)28/h2-11H,12-13H2,1H3,(H,30,36)(H,31,35). The smallest absolute Gasteiger partial charge is 0.253 e. The average Bonchev–Trinajstić information content (AvgIpc) is 3.31. The molecule has 0 aliphatic heterocycles. The van der Waals surface area contributed by atoms with Crippen LogP contribution in [-0.2, 0) is 11.3 Å². The molecule has 0 aliphatic rings. The molecule has 0 spiro atoms. The van der Waals surface area contributed by atoms with E-state index in [2.05, 4.69) is 20.8 Å². The van der Waals surface area contributed by atoms with Gasteiger partial charge in [-0.25, -0.2) is 0 Å². The Balaban J connectivity index is 1.52. The van der Waals surface area contributed by atoms with Gasteiger partial charge in [-0.3, -0.25) is 14.2 Å². The molecule has 0 bridgehead atoms. The number of hydrogen-bond acceptors (Lipinski definition) is 6. The lowest BCUT2D eigenvalue weighted by Crippen LogP contribution is -2.25. The third-order valence-corrected chi connectivity index (χ3v) is 7.37. The molecule has 1 heterocycles. The van der Waals surface area contributed by atoms with Crippen LogP contribution >= 0.6 is 58.2 Å². The van der Waals surface area contributed by atoms with E-state index in [1.807, 2.05) is 0 Å². The summed E-state index contributed by atoms with van der Waals surface area (Å²) in [6.07, 6.45) is 0. The molecule has 0 unspecified atom stereocenters. The lowest BCUT2D eigenvalue weighted by molar-refractivity contribution is -0.113. The van der Waals surface area contributed by atoms with Gasteiger partial charge >= 0.3 is 0 Å². The van der Waals surface area contributed by atoms with Gasteiger partial charge < -0.3 is 15.4 Å². The van der Waals surface area contributed by atoms with Crippen molar-refractivity contribution in [3.8, 4) is 11.4 Å². The van der Waals surface area contributed by atoms with E-state index in [0.717, 1.165) is 0 Å². The van der Waals surface area contributed by atoms with Crippen LogP contribution in [0.1, 0.15) is 16.2 Å². The highest BCUT2D eigenvalue weighted by atomic mass is 35.5. The van der Waals surface area contributed by atoms with Gasteiger partial charge in [0.05, 0.1) is 45.7 Å². The number of carbonyl (C=O) groups excluding carboxylic acids is 2. The number of methoxy groups -OCH3 is 1. The lowest BCUT2D eigenvalue weighted by atomic mass is 10.2. The third-order valence-electron chi connectivity index (χ3n) is 5.15. The molecule has 1 aromatic heterocycles. The van der Waals surface area contributed by atoms with Gasteiger partial charge in [0, 0.05) is 10.7 Å². The predicted octanol–water partition coefficient (Wildman–Crippen LogP) is 6.55. The van der Waals surface area contributed by atoms with Crippen molar-refractivity contribution in [2.75, 3.05) is 18.2 Å². The van der Waals surface area contributed by atoms with E-state index in [9.17, 15) is 9.59 Å². The minimum absolute atomic E-state index is 0.0175. The van der Waals surface area contributed by atoms with Gasteiger partial charge in [0.2, 0.25) is 5.91 Å². The van der Waals surface area contributed by atoms with Crippen molar-refractivity contribution in [3.05, 3.63) is 92.1 Å². The van der Waals surface area contributed by atoms with Gasteiger partial charge in [-0.05, 0) is 60.7 Å². The molecular weight excluding hydrogens is 592 g/mol. The van der Waals surface area contributed by atoms with Crippen molar-refractivity contribution in [1.82, 2.24) is 20.1 Å². The second-order valence-corrected chi connectivity index (χ2v) is 10.3. The Morgan fingerprint density at radius 2 is 1.68 bits per heavy atom. The summed E-state index contributed by atoms with van der Waals surface area (Å²) in [5.74, 6) is 0.488. The third kappa shape index (κ3) is 6.92. The minimum Gasteiger partial charge on any atom is -0.497 e. The van der Waals surface area contributed by atoms with E-state index in [1.165, 1.54) is 23.9 Å². The Kier molecular flexibility index (Phi) is 9.40. The predicted molar refractivity (Wildman–Crippen MR) is 151 cm³/mol. The highest BCUT2D eigenvalue weighted by Gasteiger charge is 2.19. The molecule has 0 saturated carbocycles. The van der Waals surface area contributed by atoms with Crippen molar-refractivity contribution in [1.29, 1.82) is 0 Å². The molecule has 4 aromatic rings. The average molecular weight is 611 g/mol. The van der Waals surface area contributed by atoms with Crippen molar-refractivity contribution < 1.29 is 14.3 Å². The molecule has 0 atom stereocenters. The molecule has 0 saturated heterocycles. The van der Waals surface area contributed by atoms with Crippen LogP contribution in [0.25, 0.3) is 5.69 Å². The number of carbonyl (C=O) groups is 2. The van der Waals surface area contributed by atoms with Crippen LogP contribution in [0.2, 0.25) is 20.1 Å². The Bertz CT molecular complexity index is 1480. The summed E-state index contributed by atoms with van der Waals surface area (Å²) in [7, 11) is 1.57. The molecule has 0 fully saturated rings. The number of aromatic nitrogens is 3. The normalized spacial score (nSPS) is 10.8. The minimum atomic E-state index is -0.413. The monoisotopic (exact) mass is 609 g/mol. The SMILES string of the molecule is COc1ccc(NC(=O)CSc2nnc(CNC(=O)c3ccc(Cl)cc3Cl)n2-c2ccc(Cl)c(Cl)c2)cc1. The number of nitrogens with zero attached hydrogens (tertiary/aromatic N) is 3. The summed E-state index contributed by atoms with van der Waals surface area (Å²) in [4.78, 5) is 25.3. The fourth-order valence-electron chi connectivity index (χ4n) is 3.32. The number of ether oxygens (including phenoxy) is 1. The molecule has 3 aromatic carbocycles. The van der Waals surface area contributed by atoms with Crippen LogP contribution < -0.4 is 15.4 Å². The van der Waals surface area contributed by atoms with E-state index in [-0.39, 0.29) is 28.8 Å². The van der Waals surface area contributed by atoms with Gasteiger partial charge in [-0.1, -0.05) is 58.2 Å². The first-order valence-corrected chi connectivity index (χ1v) is 13.4. The molecule has 196 valence electrons. The highest BCUT2D eigenvalue weighted by Crippen LogP contribution is 2.29. The van der Waals surface area contributed by atoms with Crippen molar-refractivity contribution >= 4 is 75.7 Å². The van der Waals surface area contributed by atoms with E-state index in [1.54, 1.807) is 60.2 Å². The summed E-state index contributed by atoms with van der Waals surface area (Å²) in [5, 5.41) is 15.8. The number of rotatable bonds is 9. The summed E-state index contributed by atoms with van der Waals surface area (Å²) in [6, 6.07) is 16.6. The van der Waals surface area contributed by atoms with Gasteiger partial charge in [0.15, 0.2) is 11.0 Å². The zero-order valence-corrected chi connectivity index (χ0v) is 23.5. The van der Waals surface area contributed by atoms with Crippen LogP contribution in [-0.4, -0.2) is 39.4 Å². The van der Waals surface area contributed by atoms with Crippen LogP contribution in [0.15, 0.2) is 65.8 Å². The van der Waals surface area contributed by atoms with Crippen molar-refractivity contribution in [3.63, 3.8) is 0 Å². The largest absolute Gasteiger partial charge is 0.497 e. The molecule has 2 N–H and O–H groups in total. The Morgan fingerprint density at radius 3 is 2.37 bits per heavy atom. The number of halogens is 4. The molecule has 13 heteroatoms. The maximum absolute atomic E-state index is 12.7. The summed E-state index contributed by atoms with van der Waals surface area (Å²) < 4.78 is 6.82. The maximum atomic E-state index is 12.7. The van der Waals surface area contributed by atoms with Gasteiger partial charge in [-0.15, -0.1) is 10.2 Å². The first-order chi connectivity index (χ1) is 18.2. The van der Waals surface area contributed by atoms with Crippen LogP contribution in [0, 0.1) is 0 Å². The molecular formula is C25H19Cl4N5O3S. The van der Waals surface area contributed by atoms with Gasteiger partial charge in [0.1, 0.15) is 5.75 Å². The van der Waals surface area contributed by atoms with Crippen LogP contribution in [0.3, 0.4) is 0 Å². The molecule has 4 rings (SSSR count). The molecule has 8 nitrogen and oxygen atoms in total. The Hall–Kier alpha value is -2.95. The maximum Gasteiger partial charge on any atom is 0.253 e. The second kappa shape index (κ2) is 12.7. The Labute approximate surface area is 242 Å². The van der Waals surface area contributed by atoms with E-state index >= 15 is 0 Å². The van der Waals surface area contributed by atoms with E-state index in [4.69, 9.17) is 51.1 Å². The van der Waals surface area contributed by atoms with Crippen LogP contribution in [0.5, 0.6) is 5.75 Å². The zero-order chi connectivity index (χ0) is 27.2. The first kappa shape index (κ1) is 28.1. The lowest BCUT2D eigenvalue weighted by Gasteiger charge is -2.12. The fourth-order valence-corrected chi connectivity index (χ4v) is 4.88. The summed E-state index contributed by atoms with van der Waals surface area (Å²) in [6.45, 7) is 0.0175. The number of amides is 2. The molecule has 38 heavy (non-hydrogen) atoms. The molecule has 0 radical (unpaired) electrons. The molecule has 2 amide bonds.